The molecule has 0 atom stereocenters. The van der Waals surface area contributed by atoms with Crippen molar-refractivity contribution in [3.63, 3.8) is 0 Å². The zero-order valence-electron chi connectivity index (χ0n) is 13.2. The lowest BCUT2D eigenvalue weighted by Crippen LogP contribution is -2.26. The van der Waals surface area contributed by atoms with E-state index in [-0.39, 0.29) is 6.61 Å². The fourth-order valence-corrected chi connectivity index (χ4v) is 2.30. The number of carbonyl (C=O) groups excluding carboxylic acids is 1. The monoisotopic (exact) mass is 321 g/mol. The van der Waals surface area contributed by atoms with Gasteiger partial charge in [0.1, 0.15) is 12.4 Å². The Bertz CT molecular complexity index is 770. The maximum absolute atomic E-state index is 11.7. The average Bonchev–Trinajstić information content (AvgIpc) is 3.11. The number of H-pyrrole nitrogens is 1. The third kappa shape index (κ3) is 4.46. The van der Waals surface area contributed by atoms with E-state index in [1.54, 1.807) is 6.20 Å². The number of rotatable bonds is 6. The lowest BCUT2D eigenvalue weighted by molar-refractivity contribution is 0.140. The fourth-order valence-electron chi connectivity index (χ4n) is 2.30. The Hall–Kier alpha value is -3.08. The number of carbonyl (C=O) groups is 1. The van der Waals surface area contributed by atoms with Gasteiger partial charge in [-0.15, -0.1) is 0 Å². The number of aromatic amines is 1. The van der Waals surface area contributed by atoms with E-state index in [2.05, 4.69) is 15.3 Å². The molecule has 3 rings (SSSR count). The topological polar surface area (TPSA) is 67.0 Å². The molecule has 0 radical (unpaired) electrons. The Morgan fingerprint density at radius 1 is 1.04 bits per heavy atom. The fraction of sp³-hybridized carbons (Fsp3) is 0.158. The van der Waals surface area contributed by atoms with Crippen LogP contribution in [0.5, 0.6) is 0 Å². The second-order valence-electron chi connectivity index (χ2n) is 5.36. The predicted molar refractivity (Wildman–Crippen MR) is 92.4 cm³/mol. The maximum Gasteiger partial charge on any atom is 0.407 e. The average molecular weight is 321 g/mol. The predicted octanol–water partition coefficient (Wildman–Crippen LogP) is 3.55. The van der Waals surface area contributed by atoms with Crippen molar-refractivity contribution in [2.75, 3.05) is 6.54 Å². The minimum atomic E-state index is -0.415. The highest BCUT2D eigenvalue weighted by molar-refractivity contribution is 5.67. The summed E-state index contributed by atoms with van der Waals surface area (Å²) in [5.41, 5.74) is 2.98. The van der Waals surface area contributed by atoms with Gasteiger partial charge in [-0.1, -0.05) is 60.7 Å². The molecule has 2 N–H and O–H groups in total. The molecule has 24 heavy (non-hydrogen) atoms. The zero-order chi connectivity index (χ0) is 16.6. The molecule has 0 bridgehead atoms. The number of imidazole rings is 1. The molecule has 0 unspecified atom stereocenters. The van der Waals surface area contributed by atoms with Gasteiger partial charge in [-0.2, -0.15) is 0 Å². The normalized spacial score (nSPS) is 10.3. The minimum Gasteiger partial charge on any atom is -0.445 e. The van der Waals surface area contributed by atoms with Gasteiger partial charge in [0.2, 0.25) is 0 Å². The van der Waals surface area contributed by atoms with E-state index in [9.17, 15) is 4.79 Å². The van der Waals surface area contributed by atoms with Crippen LogP contribution < -0.4 is 5.32 Å². The smallest absolute Gasteiger partial charge is 0.407 e. The summed E-state index contributed by atoms with van der Waals surface area (Å²) in [6.45, 7) is 0.763. The van der Waals surface area contributed by atoms with Crippen LogP contribution >= 0.6 is 0 Å². The summed E-state index contributed by atoms with van der Waals surface area (Å²) in [6.07, 6.45) is 2.04. The van der Waals surface area contributed by atoms with Crippen LogP contribution in [0.3, 0.4) is 0 Å². The largest absolute Gasteiger partial charge is 0.445 e. The van der Waals surface area contributed by atoms with Gasteiger partial charge in [-0.05, 0) is 5.56 Å². The summed E-state index contributed by atoms with van der Waals surface area (Å²) >= 11 is 0. The molecule has 2 aromatic carbocycles. The van der Waals surface area contributed by atoms with Gasteiger partial charge < -0.3 is 15.0 Å². The summed E-state index contributed by atoms with van der Waals surface area (Å²) in [5, 5.41) is 2.74. The van der Waals surface area contributed by atoms with Crippen molar-refractivity contribution in [3.8, 4) is 11.4 Å². The molecular formula is C19H19N3O2. The number of benzene rings is 2. The molecule has 0 spiro atoms. The standard InChI is InChI=1S/C19H19N3O2/c23-19(24-14-15-7-3-1-4-8-15)20-12-11-17-13-21-18(22-17)16-9-5-2-6-10-16/h1-10,13H,11-12,14H2,(H,20,23)(H,21,22). The molecule has 1 amide bonds. The first-order valence-electron chi connectivity index (χ1n) is 7.85. The summed E-state index contributed by atoms with van der Waals surface area (Å²) in [5.74, 6) is 0.831. The number of hydrogen-bond donors (Lipinski definition) is 2. The van der Waals surface area contributed by atoms with Crippen LogP contribution in [-0.2, 0) is 17.8 Å². The number of aromatic nitrogens is 2. The van der Waals surface area contributed by atoms with Gasteiger partial charge in [-0.3, -0.25) is 0 Å². The van der Waals surface area contributed by atoms with Crippen LogP contribution in [0.1, 0.15) is 11.3 Å². The number of alkyl carbamates (subject to hydrolysis) is 1. The molecule has 122 valence electrons. The Morgan fingerprint density at radius 3 is 2.50 bits per heavy atom. The van der Waals surface area contributed by atoms with Crippen molar-refractivity contribution in [2.24, 2.45) is 0 Å². The molecule has 5 heteroatoms. The molecule has 0 fully saturated rings. The number of hydrogen-bond acceptors (Lipinski definition) is 3. The second kappa shape index (κ2) is 7.97. The highest BCUT2D eigenvalue weighted by Crippen LogP contribution is 2.14. The van der Waals surface area contributed by atoms with Gasteiger partial charge >= 0.3 is 6.09 Å². The highest BCUT2D eigenvalue weighted by Gasteiger charge is 2.05. The van der Waals surface area contributed by atoms with E-state index in [1.165, 1.54) is 0 Å². The molecular weight excluding hydrogens is 302 g/mol. The van der Waals surface area contributed by atoms with Crippen LogP contribution in [0.25, 0.3) is 11.4 Å². The molecule has 1 heterocycles. The van der Waals surface area contributed by atoms with Crippen molar-refractivity contribution in [1.82, 2.24) is 15.3 Å². The summed E-state index contributed by atoms with van der Waals surface area (Å²) in [7, 11) is 0. The third-order valence-electron chi connectivity index (χ3n) is 3.55. The van der Waals surface area contributed by atoms with Gasteiger partial charge in [0, 0.05) is 30.4 Å². The van der Waals surface area contributed by atoms with Crippen LogP contribution in [0.2, 0.25) is 0 Å². The van der Waals surface area contributed by atoms with Crippen LogP contribution in [-0.4, -0.2) is 22.6 Å². The molecule has 1 aromatic heterocycles. The lowest BCUT2D eigenvalue weighted by atomic mass is 10.2. The number of ether oxygens (including phenoxy) is 1. The van der Waals surface area contributed by atoms with E-state index in [0.29, 0.717) is 13.0 Å². The van der Waals surface area contributed by atoms with Crippen molar-refractivity contribution in [1.29, 1.82) is 0 Å². The van der Waals surface area contributed by atoms with Gasteiger partial charge in [0.05, 0.1) is 0 Å². The summed E-state index contributed by atoms with van der Waals surface area (Å²) in [6, 6.07) is 19.5. The van der Waals surface area contributed by atoms with E-state index in [1.807, 2.05) is 60.7 Å². The number of amides is 1. The van der Waals surface area contributed by atoms with Gasteiger partial charge in [0.25, 0.3) is 0 Å². The van der Waals surface area contributed by atoms with E-state index in [0.717, 1.165) is 22.6 Å². The summed E-state index contributed by atoms with van der Waals surface area (Å²) in [4.78, 5) is 19.3. The Balaban J connectivity index is 1.42. The second-order valence-corrected chi connectivity index (χ2v) is 5.36. The van der Waals surface area contributed by atoms with Gasteiger partial charge in [-0.25, -0.2) is 9.78 Å². The van der Waals surface area contributed by atoms with Crippen LogP contribution in [0.4, 0.5) is 4.79 Å². The Morgan fingerprint density at radius 2 is 1.75 bits per heavy atom. The first-order chi connectivity index (χ1) is 11.8. The zero-order valence-corrected chi connectivity index (χ0v) is 13.2. The number of nitrogens with one attached hydrogen (secondary N) is 2. The third-order valence-corrected chi connectivity index (χ3v) is 3.55. The number of nitrogens with zero attached hydrogens (tertiary/aromatic N) is 1. The quantitative estimate of drug-likeness (QED) is 0.729. The van der Waals surface area contributed by atoms with Crippen molar-refractivity contribution >= 4 is 6.09 Å². The summed E-state index contributed by atoms with van der Waals surface area (Å²) < 4.78 is 5.16. The molecule has 0 aliphatic carbocycles. The van der Waals surface area contributed by atoms with Crippen molar-refractivity contribution in [3.05, 3.63) is 78.1 Å². The van der Waals surface area contributed by atoms with Crippen molar-refractivity contribution in [2.45, 2.75) is 13.0 Å². The van der Waals surface area contributed by atoms with Gasteiger partial charge in [0.15, 0.2) is 0 Å². The van der Waals surface area contributed by atoms with E-state index < -0.39 is 6.09 Å². The Kier molecular flexibility index (Phi) is 5.24. The van der Waals surface area contributed by atoms with Crippen molar-refractivity contribution < 1.29 is 9.53 Å². The minimum absolute atomic E-state index is 0.273. The van der Waals surface area contributed by atoms with E-state index in [4.69, 9.17) is 4.74 Å². The van der Waals surface area contributed by atoms with Crippen LogP contribution in [0, 0.1) is 0 Å². The molecule has 3 aromatic rings. The first-order valence-corrected chi connectivity index (χ1v) is 7.85. The van der Waals surface area contributed by atoms with Crippen LogP contribution in [0.15, 0.2) is 66.9 Å². The maximum atomic E-state index is 11.7. The SMILES string of the molecule is O=C(NCCc1cnc(-c2ccccc2)[nH]1)OCc1ccccc1. The molecule has 0 aliphatic rings. The Labute approximate surface area is 140 Å². The highest BCUT2D eigenvalue weighted by atomic mass is 16.5. The lowest BCUT2D eigenvalue weighted by Gasteiger charge is -2.06. The molecule has 5 nitrogen and oxygen atoms in total. The molecule has 0 aliphatic heterocycles. The molecule has 0 saturated carbocycles. The van der Waals surface area contributed by atoms with E-state index >= 15 is 0 Å². The molecule has 0 saturated heterocycles. The first kappa shape index (κ1) is 15.8.